The highest BCUT2D eigenvalue weighted by molar-refractivity contribution is 6.32. The molecule has 0 saturated carbocycles. The van der Waals surface area contributed by atoms with Crippen LogP contribution >= 0.6 is 23.2 Å². The van der Waals surface area contributed by atoms with Crippen LogP contribution < -0.4 is 0 Å². The van der Waals surface area contributed by atoms with Gasteiger partial charge in [-0.25, -0.2) is 14.8 Å². The SMILES string of the molecule is CCOC(=O)N1CCc2c(Cl)nc(Cl)nc2C1. The third-order valence-corrected chi connectivity index (χ3v) is 3.00. The molecular weight excluding hydrogens is 265 g/mol. The quantitative estimate of drug-likeness (QED) is 0.583. The minimum absolute atomic E-state index is 0.0967. The molecule has 5 nitrogen and oxygen atoms in total. The predicted octanol–water partition coefficient (Wildman–Crippen LogP) is 2.30. The maximum absolute atomic E-state index is 11.6. The third-order valence-electron chi connectivity index (χ3n) is 2.51. The summed E-state index contributed by atoms with van der Waals surface area (Å²) in [6, 6.07) is 0. The van der Waals surface area contributed by atoms with E-state index in [2.05, 4.69) is 9.97 Å². The summed E-state index contributed by atoms with van der Waals surface area (Å²) in [6.07, 6.45) is 0.272. The van der Waals surface area contributed by atoms with Gasteiger partial charge in [-0.3, -0.25) is 0 Å². The molecule has 0 spiro atoms. The number of carbonyl (C=O) groups excluding carboxylic acids is 1. The molecule has 0 aromatic carbocycles. The Labute approximate surface area is 109 Å². The first-order chi connectivity index (χ1) is 8.11. The van der Waals surface area contributed by atoms with Crippen molar-refractivity contribution in [2.24, 2.45) is 0 Å². The Morgan fingerprint density at radius 1 is 1.47 bits per heavy atom. The Hall–Kier alpha value is -1.07. The van der Waals surface area contributed by atoms with E-state index in [1.165, 1.54) is 0 Å². The van der Waals surface area contributed by atoms with E-state index in [1.807, 2.05) is 0 Å². The van der Waals surface area contributed by atoms with E-state index in [0.717, 1.165) is 5.56 Å². The molecule has 0 saturated heterocycles. The summed E-state index contributed by atoms with van der Waals surface area (Å²) < 4.78 is 4.93. The average molecular weight is 276 g/mol. The van der Waals surface area contributed by atoms with Crippen LogP contribution in [0, 0.1) is 0 Å². The van der Waals surface area contributed by atoms with Gasteiger partial charge in [0.05, 0.1) is 18.8 Å². The zero-order valence-electron chi connectivity index (χ0n) is 9.24. The van der Waals surface area contributed by atoms with Crippen LogP contribution in [0.1, 0.15) is 18.2 Å². The molecule has 0 bridgehead atoms. The van der Waals surface area contributed by atoms with E-state index in [4.69, 9.17) is 27.9 Å². The minimum atomic E-state index is -0.344. The molecule has 1 aliphatic heterocycles. The van der Waals surface area contributed by atoms with Gasteiger partial charge in [0.25, 0.3) is 0 Å². The number of hydrogen-bond acceptors (Lipinski definition) is 4. The number of carbonyl (C=O) groups is 1. The van der Waals surface area contributed by atoms with Gasteiger partial charge in [-0.05, 0) is 24.9 Å². The number of nitrogens with zero attached hydrogens (tertiary/aromatic N) is 3. The van der Waals surface area contributed by atoms with Crippen LogP contribution in [0.4, 0.5) is 4.79 Å². The van der Waals surface area contributed by atoms with Crippen molar-refractivity contribution in [3.63, 3.8) is 0 Å². The van der Waals surface area contributed by atoms with Crippen molar-refractivity contribution < 1.29 is 9.53 Å². The lowest BCUT2D eigenvalue weighted by atomic mass is 10.1. The lowest BCUT2D eigenvalue weighted by Gasteiger charge is -2.27. The third kappa shape index (κ3) is 2.61. The van der Waals surface area contributed by atoms with E-state index in [0.29, 0.717) is 37.0 Å². The average Bonchev–Trinajstić information content (AvgIpc) is 2.28. The van der Waals surface area contributed by atoms with Crippen molar-refractivity contribution in [2.45, 2.75) is 19.9 Å². The Morgan fingerprint density at radius 2 is 2.24 bits per heavy atom. The number of amides is 1. The van der Waals surface area contributed by atoms with E-state index in [-0.39, 0.29) is 11.4 Å². The molecule has 1 aromatic rings. The van der Waals surface area contributed by atoms with Gasteiger partial charge in [-0.15, -0.1) is 0 Å². The summed E-state index contributed by atoms with van der Waals surface area (Å²) in [5.74, 6) is 0. The normalized spacial score (nSPS) is 14.4. The summed E-state index contributed by atoms with van der Waals surface area (Å²) in [7, 11) is 0. The fourth-order valence-electron chi connectivity index (χ4n) is 1.73. The second kappa shape index (κ2) is 5.06. The molecule has 0 radical (unpaired) electrons. The van der Waals surface area contributed by atoms with Crippen LogP contribution in [0.25, 0.3) is 0 Å². The van der Waals surface area contributed by atoms with E-state index >= 15 is 0 Å². The van der Waals surface area contributed by atoms with Crippen molar-refractivity contribution in [2.75, 3.05) is 13.2 Å². The van der Waals surface area contributed by atoms with Crippen molar-refractivity contribution in [3.8, 4) is 0 Å². The zero-order chi connectivity index (χ0) is 12.4. The molecule has 92 valence electrons. The van der Waals surface area contributed by atoms with Gasteiger partial charge in [0.1, 0.15) is 5.15 Å². The van der Waals surface area contributed by atoms with Gasteiger partial charge in [0.15, 0.2) is 0 Å². The maximum Gasteiger partial charge on any atom is 0.410 e. The number of halogens is 2. The van der Waals surface area contributed by atoms with Crippen LogP contribution in [0.2, 0.25) is 10.4 Å². The molecular formula is C10H11Cl2N3O2. The summed E-state index contributed by atoms with van der Waals surface area (Å²) in [4.78, 5) is 21.1. The summed E-state index contributed by atoms with van der Waals surface area (Å²) in [5.41, 5.74) is 1.55. The Bertz CT molecular complexity index is 453. The largest absolute Gasteiger partial charge is 0.450 e. The Morgan fingerprint density at radius 3 is 2.94 bits per heavy atom. The minimum Gasteiger partial charge on any atom is -0.450 e. The van der Waals surface area contributed by atoms with Crippen molar-refractivity contribution in [3.05, 3.63) is 21.7 Å². The van der Waals surface area contributed by atoms with Crippen molar-refractivity contribution >= 4 is 29.3 Å². The molecule has 2 heterocycles. The molecule has 2 rings (SSSR count). The topological polar surface area (TPSA) is 55.3 Å². The van der Waals surface area contributed by atoms with Crippen molar-refractivity contribution in [1.29, 1.82) is 0 Å². The highest BCUT2D eigenvalue weighted by Gasteiger charge is 2.25. The fourth-order valence-corrected chi connectivity index (χ4v) is 2.24. The molecule has 1 amide bonds. The van der Waals surface area contributed by atoms with E-state index in [1.54, 1.807) is 11.8 Å². The zero-order valence-corrected chi connectivity index (χ0v) is 10.8. The number of hydrogen-bond donors (Lipinski definition) is 0. The molecule has 17 heavy (non-hydrogen) atoms. The monoisotopic (exact) mass is 275 g/mol. The molecule has 1 aliphatic rings. The lowest BCUT2D eigenvalue weighted by molar-refractivity contribution is 0.102. The molecule has 0 unspecified atom stereocenters. The smallest absolute Gasteiger partial charge is 0.410 e. The molecule has 1 aromatic heterocycles. The molecule has 0 aliphatic carbocycles. The van der Waals surface area contributed by atoms with Gasteiger partial charge >= 0.3 is 6.09 Å². The number of fused-ring (bicyclic) bond motifs is 1. The Balaban J connectivity index is 2.21. The first-order valence-corrected chi connectivity index (χ1v) is 6.00. The standard InChI is InChI=1S/C10H11Cl2N3O2/c1-2-17-10(16)15-4-3-6-7(5-15)13-9(12)14-8(6)11/h2-5H2,1H3. The maximum atomic E-state index is 11.6. The fraction of sp³-hybridized carbons (Fsp3) is 0.500. The summed E-state index contributed by atoms with van der Waals surface area (Å²) >= 11 is 11.7. The van der Waals surface area contributed by atoms with Gasteiger partial charge < -0.3 is 9.64 Å². The molecule has 7 heteroatoms. The van der Waals surface area contributed by atoms with E-state index < -0.39 is 0 Å². The van der Waals surface area contributed by atoms with Gasteiger partial charge in [0.2, 0.25) is 5.28 Å². The second-order valence-electron chi connectivity index (χ2n) is 3.58. The number of rotatable bonds is 1. The van der Waals surface area contributed by atoms with Gasteiger partial charge in [-0.2, -0.15) is 0 Å². The number of ether oxygens (including phenoxy) is 1. The first-order valence-electron chi connectivity index (χ1n) is 5.24. The first kappa shape index (κ1) is 12.4. The van der Waals surface area contributed by atoms with Crippen LogP contribution in [0.15, 0.2) is 0 Å². The highest BCUT2D eigenvalue weighted by atomic mass is 35.5. The van der Waals surface area contributed by atoms with Crippen LogP contribution in [0.3, 0.4) is 0 Å². The molecule has 0 N–H and O–H groups in total. The van der Waals surface area contributed by atoms with E-state index in [9.17, 15) is 4.79 Å². The summed E-state index contributed by atoms with van der Waals surface area (Å²) in [5, 5.41) is 0.461. The lowest BCUT2D eigenvalue weighted by Crippen LogP contribution is -2.37. The predicted molar refractivity (Wildman–Crippen MR) is 63.2 cm³/mol. The second-order valence-corrected chi connectivity index (χ2v) is 4.28. The summed E-state index contributed by atoms with van der Waals surface area (Å²) in [6.45, 7) is 3.03. The van der Waals surface area contributed by atoms with Crippen LogP contribution in [-0.2, 0) is 17.7 Å². The van der Waals surface area contributed by atoms with Crippen molar-refractivity contribution in [1.82, 2.24) is 14.9 Å². The molecule has 0 fully saturated rings. The van der Waals surface area contributed by atoms with Gasteiger partial charge in [0, 0.05) is 12.1 Å². The Kier molecular flexibility index (Phi) is 3.69. The number of aromatic nitrogens is 2. The van der Waals surface area contributed by atoms with Crippen LogP contribution in [0.5, 0.6) is 0 Å². The molecule has 0 atom stereocenters. The van der Waals surface area contributed by atoms with Crippen LogP contribution in [-0.4, -0.2) is 34.1 Å². The van der Waals surface area contributed by atoms with Gasteiger partial charge in [-0.1, -0.05) is 11.6 Å². The highest BCUT2D eigenvalue weighted by Crippen LogP contribution is 2.24.